The Kier molecular flexibility index (Phi) is 13.9. The first-order valence-electron chi connectivity index (χ1n) is 35.7. The van der Waals surface area contributed by atoms with Gasteiger partial charge in [-0.25, -0.2) is 0 Å². The highest BCUT2D eigenvalue weighted by Gasteiger charge is 2.23. The predicted octanol–water partition coefficient (Wildman–Crippen LogP) is 28.7. The number of nitrogens with zero attached hydrogens (tertiary/aromatic N) is 1. The Hall–Kier alpha value is -12.6. The van der Waals surface area contributed by atoms with E-state index in [1.165, 1.54) is 204 Å². The van der Waals surface area contributed by atoms with E-state index in [-0.39, 0.29) is 7.43 Å². The molecule has 3 N–H and O–H groups in total. The Bertz CT molecular complexity index is 7530. The maximum absolute atomic E-state index is 9.96. The molecular weight excluding hydrogens is 1380 g/mol. The number of aromatic nitrogens is 4. The topological polar surface area (TPSA) is 52.3 Å². The van der Waals surface area contributed by atoms with Gasteiger partial charge in [0, 0.05) is 68.9 Å². The van der Waals surface area contributed by atoms with Gasteiger partial charge >= 0.3 is 0 Å². The molecule has 20 aromatic carbocycles. The van der Waals surface area contributed by atoms with Gasteiger partial charge in [-0.15, -0.1) is 0 Å². The maximum Gasteiger partial charge on any atom is 0.0785 e. The van der Waals surface area contributed by atoms with Crippen molar-refractivity contribution in [2.45, 2.75) is 7.43 Å². The van der Waals surface area contributed by atoms with Crippen molar-refractivity contribution < 1.29 is 5.76 Å². The Morgan fingerprint density at radius 1 is 0.240 bits per heavy atom. The molecule has 104 heavy (non-hydrogen) atoms. The van der Waals surface area contributed by atoms with Gasteiger partial charge in [0.25, 0.3) is 0 Å². The normalized spacial score (nSPS) is 12.0. The molecule has 490 valence electrons. The minimum absolute atomic E-state index is 0. The summed E-state index contributed by atoms with van der Waals surface area (Å²) >= 11 is 2.28. The summed E-state index contributed by atoms with van der Waals surface area (Å²) in [6, 6.07) is 120. The Balaban J connectivity index is 0.000000123. The number of alkyl halides is 1. The number of H-pyrrole nitrogens is 3. The van der Waals surface area contributed by atoms with Gasteiger partial charge in [0.05, 0.1) is 36.1 Å². The minimum atomic E-state index is -1.00. The first-order chi connectivity index (χ1) is 51.4. The average Bonchev–Trinajstić information content (AvgIpc) is 1.62. The van der Waals surface area contributed by atoms with E-state index < -0.39 is 7.15 Å². The smallest absolute Gasteiger partial charge is 0.0785 e. The number of aromatic amines is 3. The first-order valence-corrected chi connectivity index (χ1v) is 36.1. The zero-order valence-corrected chi connectivity index (χ0v) is 57.7. The molecule has 4 aromatic heterocycles. The van der Waals surface area contributed by atoms with Crippen LogP contribution in [0.5, 0.6) is 0 Å². The fourth-order valence-corrected chi connectivity index (χ4v) is 18.1. The summed E-state index contributed by atoms with van der Waals surface area (Å²) in [6.45, 7) is 0. The quantitative estimate of drug-likeness (QED) is 0.108. The van der Waals surface area contributed by atoms with Gasteiger partial charge in [-0.3, -0.25) is 4.39 Å². The summed E-state index contributed by atoms with van der Waals surface area (Å²) in [6.07, 6.45) is 0. The Morgan fingerprint density at radius 3 is 0.769 bits per heavy atom. The molecule has 0 aliphatic carbocycles. The van der Waals surface area contributed by atoms with Crippen molar-refractivity contribution in [3.8, 4) is 5.69 Å². The molecular formula is C98H64FIN4. The highest BCUT2D eigenvalue weighted by atomic mass is 127. The van der Waals surface area contributed by atoms with Crippen LogP contribution >= 0.6 is 22.6 Å². The third-order valence-electron chi connectivity index (χ3n) is 22.0. The van der Waals surface area contributed by atoms with Gasteiger partial charge in [-0.1, -0.05) is 262 Å². The maximum atomic E-state index is 9.96. The Morgan fingerprint density at radius 2 is 0.471 bits per heavy atom. The lowest BCUT2D eigenvalue weighted by Gasteiger charge is -2.12. The van der Waals surface area contributed by atoms with Crippen LogP contribution in [-0.4, -0.2) is 26.7 Å². The first kappa shape index (κ1) is 60.2. The van der Waals surface area contributed by atoms with Gasteiger partial charge in [0.2, 0.25) is 0 Å². The monoisotopic (exact) mass is 1440 g/mol. The van der Waals surface area contributed by atoms with Crippen LogP contribution in [0, 0.1) is 3.57 Å². The number of fused-ring (bicyclic) bond motifs is 38. The zero-order chi connectivity index (χ0) is 68.8. The van der Waals surface area contributed by atoms with Crippen LogP contribution in [0.2, 0.25) is 0 Å². The number of hydrogen-bond acceptors (Lipinski definition) is 0. The third kappa shape index (κ3) is 9.07. The standard InChI is InChI=1S/C48H28N2.C42H24N2.C6H5I.CH3F.CH4/c1-2-12-28(13-3-1)50-46-27-42-36-21-11-7-17-32(36)30-15-5-9-19-34(30)40(42)25-44(46)38-23-22-37-43-24-39-33-18-8-4-14-29(33)31-16-6-10-20-35(31)41(39)26-45(43)49-47(37)48(38)50;1-5-13-27-23(9-1)25-11-3-7-15-29(25)35-21-39-37(19-33(27)35)31-17-18-32-38-20-34-28-14-6-2-10-24(28)26-12-4-8-16-30(26)36(34)22-40(38)44-42(32)41(31)43-39;7-6-4-2-1-3-5-6;1-2;/h1-27,49H;1-22,43-44H;1-5H;1H3;1H4/i;;;1D;. The molecule has 24 aromatic rings. The van der Waals surface area contributed by atoms with Crippen LogP contribution in [0.1, 0.15) is 8.80 Å². The molecule has 0 aliphatic heterocycles. The number of hydrogen-bond donors (Lipinski definition) is 3. The van der Waals surface area contributed by atoms with E-state index in [9.17, 15) is 4.39 Å². The highest BCUT2D eigenvalue weighted by Crippen LogP contribution is 2.48. The van der Waals surface area contributed by atoms with Crippen molar-refractivity contribution in [2.24, 2.45) is 0 Å². The fraction of sp³-hybridized carbons (Fsp3) is 0.0204. The number of halogens is 2. The fourth-order valence-electron chi connectivity index (χ4n) is 17.7. The van der Waals surface area contributed by atoms with Gasteiger partial charge in [0.1, 0.15) is 0 Å². The molecule has 0 saturated heterocycles. The molecule has 0 saturated carbocycles. The number of nitrogens with one attached hydrogen (secondary N) is 3. The van der Waals surface area contributed by atoms with Gasteiger partial charge in [-0.05, 0) is 225 Å². The second-order valence-electron chi connectivity index (χ2n) is 27.2. The summed E-state index contributed by atoms with van der Waals surface area (Å²) < 4.78 is 19.3. The van der Waals surface area contributed by atoms with E-state index in [0.717, 1.165) is 22.2 Å². The van der Waals surface area contributed by atoms with Crippen LogP contribution < -0.4 is 0 Å². The van der Waals surface area contributed by atoms with Crippen molar-refractivity contribution in [3.05, 3.63) is 331 Å². The number of para-hydroxylation sites is 1. The molecule has 0 spiro atoms. The van der Waals surface area contributed by atoms with Crippen molar-refractivity contribution in [1.29, 1.82) is 0 Å². The van der Waals surface area contributed by atoms with Crippen LogP contribution in [-0.2, 0) is 0 Å². The summed E-state index contributed by atoms with van der Waals surface area (Å²) in [7, 11) is -1.00. The molecule has 0 radical (unpaired) electrons. The second kappa shape index (κ2) is 24.0. The van der Waals surface area contributed by atoms with Crippen molar-refractivity contribution in [1.82, 2.24) is 19.5 Å². The van der Waals surface area contributed by atoms with E-state index in [0.29, 0.717) is 0 Å². The molecule has 0 bridgehead atoms. The minimum Gasteiger partial charge on any atom is -0.353 e. The molecule has 0 unspecified atom stereocenters. The summed E-state index contributed by atoms with van der Waals surface area (Å²) in [5, 5.41) is 41.1. The largest absolute Gasteiger partial charge is 0.353 e. The van der Waals surface area contributed by atoms with Gasteiger partial charge < -0.3 is 19.5 Å². The average molecular weight is 1440 g/mol. The van der Waals surface area contributed by atoms with E-state index in [4.69, 9.17) is 1.37 Å². The van der Waals surface area contributed by atoms with E-state index in [1.807, 2.05) is 18.2 Å². The number of benzene rings is 20. The molecule has 0 aliphatic rings. The zero-order valence-electron chi connectivity index (χ0n) is 56.6. The molecule has 0 atom stereocenters. The van der Waals surface area contributed by atoms with Crippen LogP contribution in [0.3, 0.4) is 0 Å². The summed E-state index contributed by atoms with van der Waals surface area (Å²) in [5.74, 6) is 0. The van der Waals surface area contributed by atoms with Gasteiger partial charge in [0.15, 0.2) is 0 Å². The Labute approximate surface area is 611 Å². The van der Waals surface area contributed by atoms with Crippen molar-refractivity contribution in [3.63, 3.8) is 0 Å². The SMILES string of the molecule is C.Ic1ccccc1.[2H]CF.c1ccc(-n2c3cc4c5ccccc5c5ccccc5c4cc3c3ccc4c5cc6c7ccccc7c7ccccc7c6cc5[nH]c4c32)cc1.c1ccc2c(c1)c1ccccc1c1cc3c(cc21)[nH]c1c3ccc2c3cc4c5ccccc5c5ccccc5c4cc3[nH]c21. The summed E-state index contributed by atoms with van der Waals surface area (Å²) in [5.41, 5.74) is 10.6. The highest BCUT2D eigenvalue weighted by molar-refractivity contribution is 14.1. The molecule has 4 nitrogen and oxygen atoms in total. The number of rotatable bonds is 1. The van der Waals surface area contributed by atoms with E-state index >= 15 is 0 Å². The van der Waals surface area contributed by atoms with E-state index in [1.54, 1.807) is 0 Å². The molecule has 6 heteroatoms. The molecule has 0 amide bonds. The lowest BCUT2D eigenvalue weighted by Crippen LogP contribution is -1.94. The summed E-state index contributed by atoms with van der Waals surface area (Å²) in [4.78, 5) is 11.7. The third-order valence-corrected chi connectivity index (χ3v) is 22.8. The van der Waals surface area contributed by atoms with Crippen LogP contribution in [0.4, 0.5) is 4.39 Å². The van der Waals surface area contributed by atoms with E-state index in [2.05, 4.69) is 351 Å². The molecule has 24 rings (SSSR count). The second-order valence-corrected chi connectivity index (χ2v) is 28.5. The lowest BCUT2D eigenvalue weighted by atomic mass is 9.93. The molecule has 4 heterocycles. The van der Waals surface area contributed by atoms with Crippen LogP contribution in [0.15, 0.2) is 328 Å². The van der Waals surface area contributed by atoms with Crippen molar-refractivity contribution in [2.75, 3.05) is 7.15 Å². The van der Waals surface area contributed by atoms with Gasteiger partial charge in [-0.2, -0.15) is 0 Å². The lowest BCUT2D eigenvalue weighted by molar-refractivity contribution is 0.636. The molecule has 0 fully saturated rings. The van der Waals surface area contributed by atoms with Crippen LogP contribution in [0.25, 0.3) is 222 Å². The predicted molar refractivity (Wildman–Crippen MR) is 458 cm³/mol. The van der Waals surface area contributed by atoms with Crippen molar-refractivity contribution >= 4 is 239 Å².